The van der Waals surface area contributed by atoms with Gasteiger partial charge in [-0.1, -0.05) is 18.2 Å². The second kappa shape index (κ2) is 5.15. The van der Waals surface area contributed by atoms with Crippen molar-refractivity contribution in [3.63, 3.8) is 0 Å². The summed E-state index contributed by atoms with van der Waals surface area (Å²) in [7, 11) is 0. The van der Waals surface area contributed by atoms with Crippen molar-refractivity contribution in [3.8, 4) is 11.5 Å². The fourth-order valence-corrected chi connectivity index (χ4v) is 1.92. The summed E-state index contributed by atoms with van der Waals surface area (Å²) in [6.45, 7) is 1.99. The molecule has 0 aromatic heterocycles. The summed E-state index contributed by atoms with van der Waals surface area (Å²) in [4.78, 5) is 10.7. The average molecular weight is 291 g/mol. The molecule has 0 saturated carbocycles. The number of aldehydes is 1. The van der Waals surface area contributed by atoms with E-state index in [4.69, 9.17) is 4.74 Å². The molecular weight excluding hydrogens is 280 g/mol. The van der Waals surface area contributed by atoms with Gasteiger partial charge in [-0.3, -0.25) is 4.79 Å². The molecule has 17 heavy (non-hydrogen) atoms. The second-order valence-electron chi connectivity index (χ2n) is 3.67. The van der Waals surface area contributed by atoms with Crippen molar-refractivity contribution in [2.24, 2.45) is 0 Å². The van der Waals surface area contributed by atoms with Crippen LogP contribution < -0.4 is 4.74 Å². The fraction of sp³-hybridized carbons (Fsp3) is 0.0714. The molecule has 2 nitrogen and oxygen atoms in total. The maximum Gasteiger partial charge on any atom is 0.151 e. The molecule has 0 N–H and O–H groups in total. The maximum absolute atomic E-state index is 10.7. The first-order valence-electron chi connectivity index (χ1n) is 5.19. The molecule has 0 heterocycles. The van der Waals surface area contributed by atoms with Crippen molar-refractivity contribution < 1.29 is 9.53 Å². The number of para-hydroxylation sites is 1. The lowest BCUT2D eigenvalue weighted by Crippen LogP contribution is -1.89. The number of hydrogen-bond donors (Lipinski definition) is 0. The molecule has 2 aromatic rings. The number of aryl methyl sites for hydroxylation is 1. The zero-order chi connectivity index (χ0) is 12.3. The largest absolute Gasteiger partial charge is 0.457 e. The molecule has 0 bridgehead atoms. The Balaban J connectivity index is 2.28. The van der Waals surface area contributed by atoms with E-state index < -0.39 is 0 Å². The minimum atomic E-state index is 0.613. The Bertz CT molecular complexity index is 550. The molecule has 3 heteroatoms. The van der Waals surface area contributed by atoms with Crippen molar-refractivity contribution in [1.82, 2.24) is 0 Å². The van der Waals surface area contributed by atoms with Crippen LogP contribution in [0, 0.1) is 6.92 Å². The Kier molecular flexibility index (Phi) is 3.59. The van der Waals surface area contributed by atoms with Crippen LogP contribution >= 0.6 is 15.9 Å². The molecule has 2 aromatic carbocycles. The van der Waals surface area contributed by atoms with Gasteiger partial charge in [0.1, 0.15) is 11.5 Å². The van der Waals surface area contributed by atoms with E-state index in [1.807, 2.05) is 31.2 Å². The van der Waals surface area contributed by atoms with Crippen LogP contribution in [-0.2, 0) is 0 Å². The van der Waals surface area contributed by atoms with Crippen LogP contribution in [0.15, 0.2) is 46.9 Å². The third-order valence-electron chi connectivity index (χ3n) is 2.42. The van der Waals surface area contributed by atoms with E-state index in [2.05, 4.69) is 15.9 Å². The molecule has 0 atom stereocenters. The van der Waals surface area contributed by atoms with E-state index in [0.717, 1.165) is 22.1 Å². The highest BCUT2D eigenvalue weighted by Crippen LogP contribution is 2.28. The van der Waals surface area contributed by atoms with E-state index >= 15 is 0 Å². The summed E-state index contributed by atoms with van der Waals surface area (Å²) in [5.41, 5.74) is 1.69. The number of rotatable bonds is 3. The first kappa shape index (κ1) is 11.9. The van der Waals surface area contributed by atoms with Crippen molar-refractivity contribution >= 4 is 22.2 Å². The highest BCUT2D eigenvalue weighted by Gasteiger charge is 2.03. The van der Waals surface area contributed by atoms with Crippen LogP contribution in [-0.4, -0.2) is 6.29 Å². The summed E-state index contributed by atoms with van der Waals surface area (Å²) < 4.78 is 6.48. The van der Waals surface area contributed by atoms with Gasteiger partial charge in [0.15, 0.2) is 6.29 Å². The molecule has 0 unspecified atom stereocenters. The zero-order valence-corrected chi connectivity index (χ0v) is 10.9. The van der Waals surface area contributed by atoms with Gasteiger partial charge in [0.05, 0.1) is 0 Å². The van der Waals surface area contributed by atoms with Gasteiger partial charge in [-0.15, -0.1) is 0 Å². The van der Waals surface area contributed by atoms with E-state index in [1.165, 1.54) is 0 Å². The minimum Gasteiger partial charge on any atom is -0.457 e. The molecule has 0 radical (unpaired) electrons. The number of halogens is 1. The van der Waals surface area contributed by atoms with Crippen molar-refractivity contribution in [2.75, 3.05) is 0 Å². The lowest BCUT2D eigenvalue weighted by molar-refractivity contribution is 0.112. The van der Waals surface area contributed by atoms with Gasteiger partial charge in [-0.2, -0.15) is 0 Å². The first-order valence-corrected chi connectivity index (χ1v) is 5.98. The number of carbonyl (C=O) groups is 1. The highest BCUT2D eigenvalue weighted by molar-refractivity contribution is 9.10. The molecule has 0 amide bonds. The van der Waals surface area contributed by atoms with E-state index in [1.54, 1.807) is 18.2 Å². The smallest absolute Gasteiger partial charge is 0.151 e. The van der Waals surface area contributed by atoms with Gasteiger partial charge in [0.25, 0.3) is 0 Å². The Morgan fingerprint density at radius 3 is 2.59 bits per heavy atom. The third kappa shape index (κ3) is 2.74. The predicted octanol–water partition coefficient (Wildman–Crippen LogP) is 4.36. The Morgan fingerprint density at radius 2 is 1.94 bits per heavy atom. The molecule has 0 fully saturated rings. The number of benzene rings is 2. The summed E-state index contributed by atoms with van der Waals surface area (Å²) in [6.07, 6.45) is 0.807. The highest BCUT2D eigenvalue weighted by atomic mass is 79.9. The lowest BCUT2D eigenvalue weighted by atomic mass is 10.2. The quantitative estimate of drug-likeness (QED) is 0.785. The lowest BCUT2D eigenvalue weighted by Gasteiger charge is -2.09. The van der Waals surface area contributed by atoms with Crippen LogP contribution in [0.4, 0.5) is 0 Å². The van der Waals surface area contributed by atoms with Crippen molar-refractivity contribution in [1.29, 1.82) is 0 Å². The maximum atomic E-state index is 10.7. The summed E-state index contributed by atoms with van der Waals surface area (Å²) in [5, 5.41) is 0. The second-order valence-corrected chi connectivity index (χ2v) is 4.52. The van der Waals surface area contributed by atoms with Gasteiger partial charge >= 0.3 is 0 Å². The van der Waals surface area contributed by atoms with E-state index in [0.29, 0.717) is 11.3 Å². The molecule has 0 saturated heterocycles. The molecule has 0 aliphatic rings. The number of ether oxygens (including phenoxy) is 1. The summed E-state index contributed by atoms with van der Waals surface area (Å²) in [6, 6.07) is 13.1. The topological polar surface area (TPSA) is 26.3 Å². The zero-order valence-electron chi connectivity index (χ0n) is 9.31. The first-order chi connectivity index (χ1) is 8.20. The molecule has 2 rings (SSSR count). The number of hydrogen-bond acceptors (Lipinski definition) is 2. The average Bonchev–Trinajstić information content (AvgIpc) is 2.32. The third-order valence-corrected chi connectivity index (χ3v) is 3.11. The van der Waals surface area contributed by atoms with E-state index in [-0.39, 0.29) is 0 Å². The molecule has 0 aliphatic heterocycles. The summed E-state index contributed by atoms with van der Waals surface area (Å²) in [5.74, 6) is 1.52. The minimum absolute atomic E-state index is 0.613. The Labute approximate surface area is 108 Å². The van der Waals surface area contributed by atoms with Crippen LogP contribution in [0.2, 0.25) is 0 Å². The SMILES string of the molecule is Cc1ccccc1Oc1ccc(C=O)c(Br)c1. The van der Waals surface area contributed by atoms with E-state index in [9.17, 15) is 4.79 Å². The monoisotopic (exact) mass is 290 g/mol. The van der Waals surface area contributed by atoms with Gasteiger partial charge in [0, 0.05) is 10.0 Å². The Morgan fingerprint density at radius 1 is 1.18 bits per heavy atom. The van der Waals surface area contributed by atoms with Crippen molar-refractivity contribution in [3.05, 3.63) is 58.1 Å². The van der Waals surface area contributed by atoms with Gasteiger partial charge in [0.2, 0.25) is 0 Å². The summed E-state index contributed by atoms with van der Waals surface area (Å²) >= 11 is 3.33. The standard InChI is InChI=1S/C14H11BrO2/c1-10-4-2-3-5-14(10)17-12-7-6-11(9-16)13(15)8-12/h2-9H,1H3. The van der Waals surface area contributed by atoms with Crippen LogP contribution in [0.1, 0.15) is 15.9 Å². The normalized spacial score (nSPS) is 10.0. The molecule has 0 spiro atoms. The van der Waals surface area contributed by atoms with Crippen molar-refractivity contribution in [2.45, 2.75) is 6.92 Å². The van der Waals surface area contributed by atoms with Crippen LogP contribution in [0.3, 0.4) is 0 Å². The molecular formula is C14H11BrO2. The van der Waals surface area contributed by atoms with Gasteiger partial charge in [-0.25, -0.2) is 0 Å². The van der Waals surface area contributed by atoms with Crippen LogP contribution in [0.25, 0.3) is 0 Å². The van der Waals surface area contributed by atoms with Gasteiger partial charge in [-0.05, 0) is 52.7 Å². The molecule has 0 aliphatic carbocycles. The molecule has 86 valence electrons. The predicted molar refractivity (Wildman–Crippen MR) is 70.8 cm³/mol. The fourth-order valence-electron chi connectivity index (χ4n) is 1.46. The Hall–Kier alpha value is -1.61. The van der Waals surface area contributed by atoms with Crippen LogP contribution in [0.5, 0.6) is 11.5 Å². The number of carbonyl (C=O) groups excluding carboxylic acids is 1. The van der Waals surface area contributed by atoms with Gasteiger partial charge < -0.3 is 4.74 Å².